The van der Waals surface area contributed by atoms with Crippen molar-refractivity contribution in [1.29, 1.82) is 0 Å². The summed E-state index contributed by atoms with van der Waals surface area (Å²) in [5, 5.41) is 5.84. The first-order chi connectivity index (χ1) is 11.1. The zero-order valence-electron chi connectivity index (χ0n) is 13.7. The number of amides is 3. The van der Waals surface area contributed by atoms with Gasteiger partial charge >= 0.3 is 6.03 Å². The molecular weight excluding hydrogens is 290 g/mol. The second kappa shape index (κ2) is 7.02. The van der Waals surface area contributed by atoms with Gasteiger partial charge in [-0.1, -0.05) is 30.7 Å². The van der Waals surface area contributed by atoms with E-state index in [1.54, 1.807) is 11.9 Å². The van der Waals surface area contributed by atoms with Gasteiger partial charge in [0.25, 0.3) is 0 Å². The zero-order chi connectivity index (χ0) is 16.2. The number of hydrogen-bond acceptors (Lipinski definition) is 2. The number of likely N-dealkylation sites (tertiary alicyclic amines) is 1. The van der Waals surface area contributed by atoms with E-state index < -0.39 is 0 Å². The maximum Gasteiger partial charge on any atom is 0.315 e. The number of carbonyl (C=O) groups is 2. The number of nitrogens with zero attached hydrogens (tertiary/aromatic N) is 1. The number of carbonyl (C=O) groups excluding carboxylic acids is 2. The summed E-state index contributed by atoms with van der Waals surface area (Å²) in [6, 6.07) is 8.43. The van der Waals surface area contributed by atoms with Crippen LogP contribution in [-0.4, -0.2) is 36.5 Å². The molecule has 3 amide bonds. The highest BCUT2D eigenvalue weighted by molar-refractivity contribution is 5.78. The van der Waals surface area contributed by atoms with Gasteiger partial charge in [-0.25, -0.2) is 4.79 Å². The molecule has 5 nitrogen and oxygen atoms in total. The molecule has 0 bridgehead atoms. The van der Waals surface area contributed by atoms with Gasteiger partial charge in [-0.3, -0.25) is 4.79 Å². The van der Waals surface area contributed by atoms with Crippen molar-refractivity contribution >= 4 is 11.9 Å². The molecule has 1 aromatic carbocycles. The van der Waals surface area contributed by atoms with Crippen molar-refractivity contribution in [3.63, 3.8) is 0 Å². The molecular formula is C18H25N3O2. The number of nitrogens with one attached hydrogen (secondary N) is 2. The molecule has 1 saturated carbocycles. The zero-order valence-corrected chi connectivity index (χ0v) is 13.7. The summed E-state index contributed by atoms with van der Waals surface area (Å²) in [4.78, 5) is 25.1. The number of urea groups is 1. The normalized spacial score (nSPS) is 21.7. The molecule has 1 unspecified atom stereocenters. The lowest BCUT2D eigenvalue weighted by molar-refractivity contribution is -0.132. The molecule has 2 aliphatic rings. The molecule has 1 aliphatic heterocycles. The summed E-state index contributed by atoms with van der Waals surface area (Å²) in [6.07, 6.45) is 5.17. The molecule has 23 heavy (non-hydrogen) atoms. The van der Waals surface area contributed by atoms with Crippen LogP contribution in [0.25, 0.3) is 0 Å². The van der Waals surface area contributed by atoms with Gasteiger partial charge in [-0.2, -0.15) is 0 Å². The number of benzene rings is 1. The van der Waals surface area contributed by atoms with Crippen molar-refractivity contribution in [2.75, 3.05) is 13.6 Å². The summed E-state index contributed by atoms with van der Waals surface area (Å²) in [7, 11) is 1.78. The molecule has 3 rings (SSSR count). The van der Waals surface area contributed by atoms with E-state index in [2.05, 4.69) is 34.9 Å². The van der Waals surface area contributed by atoms with E-state index >= 15 is 0 Å². The van der Waals surface area contributed by atoms with Crippen LogP contribution in [0.5, 0.6) is 0 Å². The van der Waals surface area contributed by atoms with Crippen LogP contribution in [0.3, 0.4) is 0 Å². The van der Waals surface area contributed by atoms with Crippen molar-refractivity contribution < 1.29 is 9.59 Å². The smallest absolute Gasteiger partial charge is 0.315 e. The minimum atomic E-state index is -0.166. The lowest BCUT2D eigenvalue weighted by Crippen LogP contribution is -2.50. The van der Waals surface area contributed by atoms with Crippen LogP contribution in [0.2, 0.25) is 0 Å². The molecule has 0 spiro atoms. The Kier molecular flexibility index (Phi) is 4.84. The van der Waals surface area contributed by atoms with Crippen LogP contribution >= 0.6 is 0 Å². The van der Waals surface area contributed by atoms with Crippen molar-refractivity contribution in [1.82, 2.24) is 15.5 Å². The summed E-state index contributed by atoms with van der Waals surface area (Å²) in [5.74, 6) is 0.890. The summed E-state index contributed by atoms with van der Waals surface area (Å²) in [6.45, 7) is 1.11. The van der Waals surface area contributed by atoms with Gasteiger partial charge in [0.1, 0.15) is 0 Å². The monoisotopic (exact) mass is 315 g/mol. The molecule has 0 aromatic heterocycles. The van der Waals surface area contributed by atoms with E-state index in [-0.39, 0.29) is 18.0 Å². The van der Waals surface area contributed by atoms with Gasteiger partial charge in [0.05, 0.1) is 0 Å². The number of hydrogen-bond donors (Lipinski definition) is 2. The van der Waals surface area contributed by atoms with Crippen LogP contribution < -0.4 is 10.6 Å². The Morgan fingerprint density at radius 2 is 1.96 bits per heavy atom. The van der Waals surface area contributed by atoms with Crippen LogP contribution in [0.1, 0.15) is 49.1 Å². The molecule has 1 saturated heterocycles. The van der Waals surface area contributed by atoms with Crippen LogP contribution in [0.4, 0.5) is 4.79 Å². The van der Waals surface area contributed by atoms with Gasteiger partial charge in [0.15, 0.2) is 0 Å². The first kappa shape index (κ1) is 15.8. The fraction of sp³-hybridized carbons (Fsp3) is 0.556. The molecule has 1 aromatic rings. The Balaban J connectivity index is 1.42. The third-order valence-corrected chi connectivity index (χ3v) is 4.97. The third-order valence-electron chi connectivity index (χ3n) is 4.97. The Morgan fingerprint density at radius 1 is 1.22 bits per heavy atom. The van der Waals surface area contributed by atoms with Crippen LogP contribution in [0.15, 0.2) is 24.3 Å². The Bertz CT molecular complexity index is 566. The Morgan fingerprint density at radius 3 is 2.57 bits per heavy atom. The summed E-state index contributed by atoms with van der Waals surface area (Å²) < 4.78 is 0. The number of piperidine rings is 1. The SMILES string of the molecule is CN1CC(NC(=O)NCc2ccc(C3CCC3)cc2)CCC1=O. The van der Waals surface area contributed by atoms with E-state index in [1.165, 1.54) is 24.8 Å². The third kappa shape index (κ3) is 4.03. The molecule has 0 radical (unpaired) electrons. The quantitative estimate of drug-likeness (QED) is 0.896. The summed E-state index contributed by atoms with van der Waals surface area (Å²) in [5.41, 5.74) is 2.53. The lowest BCUT2D eigenvalue weighted by atomic mass is 9.80. The summed E-state index contributed by atoms with van der Waals surface area (Å²) >= 11 is 0. The topological polar surface area (TPSA) is 61.4 Å². The van der Waals surface area contributed by atoms with E-state index in [1.807, 2.05) is 0 Å². The number of likely N-dealkylation sites (N-methyl/N-ethyl adjacent to an activating group) is 1. The first-order valence-electron chi connectivity index (χ1n) is 8.49. The molecule has 1 heterocycles. The fourth-order valence-electron chi connectivity index (χ4n) is 3.20. The Hall–Kier alpha value is -2.04. The van der Waals surface area contributed by atoms with Crippen molar-refractivity contribution in [2.24, 2.45) is 0 Å². The molecule has 1 aliphatic carbocycles. The van der Waals surface area contributed by atoms with Gasteiger partial charge < -0.3 is 15.5 Å². The highest BCUT2D eigenvalue weighted by Crippen LogP contribution is 2.36. The average Bonchev–Trinajstić information content (AvgIpc) is 2.49. The van der Waals surface area contributed by atoms with E-state index in [4.69, 9.17) is 0 Å². The Labute approximate surface area is 137 Å². The minimum Gasteiger partial charge on any atom is -0.344 e. The first-order valence-corrected chi connectivity index (χ1v) is 8.49. The molecule has 5 heteroatoms. The maximum absolute atomic E-state index is 12.0. The highest BCUT2D eigenvalue weighted by Gasteiger charge is 2.24. The highest BCUT2D eigenvalue weighted by atomic mass is 16.2. The van der Waals surface area contributed by atoms with E-state index in [0.717, 1.165) is 11.5 Å². The molecule has 124 valence electrons. The van der Waals surface area contributed by atoms with Gasteiger partial charge in [0.2, 0.25) is 5.91 Å². The van der Waals surface area contributed by atoms with E-state index in [9.17, 15) is 9.59 Å². The lowest BCUT2D eigenvalue weighted by Gasteiger charge is -2.30. The largest absolute Gasteiger partial charge is 0.344 e. The second-order valence-corrected chi connectivity index (χ2v) is 6.71. The number of rotatable bonds is 4. The van der Waals surface area contributed by atoms with Gasteiger partial charge in [0, 0.05) is 32.6 Å². The van der Waals surface area contributed by atoms with Gasteiger partial charge in [-0.15, -0.1) is 0 Å². The van der Waals surface area contributed by atoms with Crippen LogP contribution in [-0.2, 0) is 11.3 Å². The molecule has 2 fully saturated rings. The van der Waals surface area contributed by atoms with Gasteiger partial charge in [-0.05, 0) is 36.3 Å². The van der Waals surface area contributed by atoms with Crippen molar-refractivity contribution in [3.8, 4) is 0 Å². The fourth-order valence-corrected chi connectivity index (χ4v) is 3.20. The van der Waals surface area contributed by atoms with E-state index in [0.29, 0.717) is 25.9 Å². The molecule has 2 N–H and O–H groups in total. The maximum atomic E-state index is 12.0. The van der Waals surface area contributed by atoms with Crippen molar-refractivity contribution in [2.45, 2.75) is 50.6 Å². The minimum absolute atomic E-state index is 0.0405. The van der Waals surface area contributed by atoms with Crippen molar-refractivity contribution in [3.05, 3.63) is 35.4 Å². The predicted octanol–water partition coefficient (Wildman–Crippen LogP) is 2.37. The molecule has 1 atom stereocenters. The average molecular weight is 315 g/mol. The standard InChI is InChI=1S/C18H25N3O2/c1-21-12-16(9-10-17(21)22)20-18(23)19-11-13-5-7-15(8-6-13)14-3-2-4-14/h5-8,14,16H,2-4,9-12H2,1H3,(H2,19,20,23). The predicted molar refractivity (Wildman–Crippen MR) is 89.1 cm³/mol. The van der Waals surface area contributed by atoms with Crippen LogP contribution in [0, 0.1) is 0 Å². The second-order valence-electron chi connectivity index (χ2n) is 6.71.